The Morgan fingerprint density at radius 2 is 0.521 bits per heavy atom. The summed E-state index contributed by atoms with van der Waals surface area (Å²) in [5, 5.41) is 0. The van der Waals surface area contributed by atoms with Crippen LogP contribution >= 0.6 is 0 Å². The predicted molar refractivity (Wildman–Crippen MR) is 211 cm³/mol. The molecular weight excluding hydrogens is 581 g/mol. The minimum absolute atomic E-state index is 0.408. The molecule has 0 aliphatic carbocycles. The Balaban J connectivity index is 1.58. The van der Waals surface area contributed by atoms with Gasteiger partial charge in [-0.3, -0.25) is 0 Å². The van der Waals surface area contributed by atoms with Crippen LogP contribution in [0.4, 0.5) is 11.4 Å². The Kier molecular flexibility index (Phi) is 16.1. The molecule has 0 bridgehead atoms. The first-order valence-electron chi connectivity index (χ1n) is 19.4. The average molecular weight is 645 g/mol. The maximum Gasteiger partial charge on any atom is 0.0314 e. The van der Waals surface area contributed by atoms with Crippen LogP contribution in [-0.4, -0.2) is 0 Å². The van der Waals surface area contributed by atoms with E-state index in [2.05, 4.69) is 118 Å². The summed E-state index contributed by atoms with van der Waals surface area (Å²) in [6, 6.07) is 36.6. The maximum absolute atomic E-state index is 6.07. The van der Waals surface area contributed by atoms with Gasteiger partial charge in [0.2, 0.25) is 0 Å². The summed E-state index contributed by atoms with van der Waals surface area (Å²) in [5.41, 5.74) is 22.3. The van der Waals surface area contributed by atoms with Gasteiger partial charge in [0, 0.05) is 29.1 Å². The van der Waals surface area contributed by atoms with Gasteiger partial charge < -0.3 is 11.5 Å². The highest BCUT2D eigenvalue weighted by Gasteiger charge is 2.19. The Hall–Kier alpha value is -3.52. The number of nitrogen functional groups attached to an aromatic ring is 2. The van der Waals surface area contributed by atoms with Gasteiger partial charge in [-0.1, -0.05) is 177 Å². The predicted octanol–water partition coefficient (Wildman–Crippen LogP) is 13.5. The SMILES string of the molecule is CCCCCCCC(c1ccc(C(CCCCCC)c2ccc(N)cc2)cc1)c1ccc(C(CCCCCC)c2ccc(N)cc2)cc1. The molecule has 0 saturated heterocycles. The maximum atomic E-state index is 6.07. The summed E-state index contributed by atoms with van der Waals surface area (Å²) in [7, 11) is 0. The second kappa shape index (κ2) is 20.8. The van der Waals surface area contributed by atoms with Crippen LogP contribution in [0.1, 0.15) is 175 Å². The van der Waals surface area contributed by atoms with Crippen LogP contribution < -0.4 is 11.5 Å². The van der Waals surface area contributed by atoms with Gasteiger partial charge in [0.15, 0.2) is 0 Å². The molecule has 0 aromatic heterocycles. The molecule has 0 spiro atoms. The van der Waals surface area contributed by atoms with Gasteiger partial charge in [0.25, 0.3) is 0 Å². The monoisotopic (exact) mass is 645 g/mol. The largest absolute Gasteiger partial charge is 0.399 e. The average Bonchev–Trinajstić information content (AvgIpc) is 3.11. The molecule has 48 heavy (non-hydrogen) atoms. The van der Waals surface area contributed by atoms with Crippen molar-refractivity contribution in [2.24, 2.45) is 0 Å². The molecule has 0 fully saturated rings. The highest BCUT2D eigenvalue weighted by molar-refractivity contribution is 5.45. The van der Waals surface area contributed by atoms with E-state index in [4.69, 9.17) is 11.5 Å². The number of benzene rings is 4. The van der Waals surface area contributed by atoms with Crippen molar-refractivity contribution in [3.63, 3.8) is 0 Å². The van der Waals surface area contributed by atoms with Crippen LogP contribution in [0.5, 0.6) is 0 Å². The molecule has 4 aromatic carbocycles. The highest BCUT2D eigenvalue weighted by atomic mass is 14.5. The summed E-state index contributed by atoms with van der Waals surface area (Å²) < 4.78 is 0. The Labute approximate surface area is 293 Å². The van der Waals surface area contributed by atoms with E-state index in [1.807, 2.05) is 0 Å². The lowest BCUT2D eigenvalue weighted by Gasteiger charge is -2.23. The second-order valence-corrected chi connectivity index (χ2v) is 14.2. The summed E-state index contributed by atoms with van der Waals surface area (Å²) >= 11 is 0. The standard InChI is InChI=1S/C46H64N2/c1-4-7-10-13-16-19-44(36-20-24-38(25-21-36)45(17-14-11-8-5-2)40-28-32-42(47)33-29-40)37-22-26-39(27-23-37)46(18-15-12-9-6-3)41-30-34-43(48)35-31-41/h20-35,44-46H,4-19,47-48H2,1-3H3. The minimum Gasteiger partial charge on any atom is -0.399 e. The molecule has 2 heteroatoms. The zero-order chi connectivity index (χ0) is 34.0. The first-order valence-corrected chi connectivity index (χ1v) is 19.4. The minimum atomic E-state index is 0.408. The van der Waals surface area contributed by atoms with Gasteiger partial charge in [0.1, 0.15) is 0 Å². The molecular formula is C46H64N2. The van der Waals surface area contributed by atoms with Crippen LogP contribution in [0.3, 0.4) is 0 Å². The fourth-order valence-corrected chi connectivity index (χ4v) is 7.46. The molecule has 258 valence electrons. The second-order valence-electron chi connectivity index (χ2n) is 14.2. The number of hydrogen-bond donors (Lipinski definition) is 2. The lowest BCUT2D eigenvalue weighted by atomic mass is 9.82. The van der Waals surface area contributed by atoms with Crippen LogP contribution in [0, 0.1) is 0 Å². The van der Waals surface area contributed by atoms with Crippen molar-refractivity contribution in [2.45, 2.75) is 141 Å². The van der Waals surface area contributed by atoms with E-state index < -0.39 is 0 Å². The van der Waals surface area contributed by atoms with Crippen molar-refractivity contribution in [3.05, 3.63) is 130 Å². The molecule has 0 amide bonds. The molecule has 4 aromatic rings. The molecule has 0 saturated carbocycles. The van der Waals surface area contributed by atoms with Crippen molar-refractivity contribution in [2.75, 3.05) is 11.5 Å². The molecule has 2 nitrogen and oxygen atoms in total. The van der Waals surface area contributed by atoms with Crippen molar-refractivity contribution in [1.82, 2.24) is 0 Å². The fourth-order valence-electron chi connectivity index (χ4n) is 7.46. The fraction of sp³-hybridized carbons (Fsp3) is 0.478. The number of hydrogen-bond acceptors (Lipinski definition) is 2. The van der Waals surface area contributed by atoms with E-state index in [1.54, 1.807) is 0 Å². The first kappa shape index (κ1) is 37.3. The van der Waals surface area contributed by atoms with Crippen molar-refractivity contribution in [3.8, 4) is 0 Å². The summed E-state index contributed by atoms with van der Waals surface area (Å²) in [4.78, 5) is 0. The van der Waals surface area contributed by atoms with Gasteiger partial charge in [-0.05, 0) is 76.9 Å². The third-order valence-electron chi connectivity index (χ3n) is 10.4. The summed E-state index contributed by atoms with van der Waals surface area (Å²) in [6.07, 6.45) is 20.4. The third-order valence-corrected chi connectivity index (χ3v) is 10.4. The smallest absolute Gasteiger partial charge is 0.0314 e. The lowest BCUT2D eigenvalue weighted by Crippen LogP contribution is -2.06. The van der Waals surface area contributed by atoms with Crippen LogP contribution in [0.15, 0.2) is 97.1 Å². The normalized spacial score (nSPS) is 13.3. The van der Waals surface area contributed by atoms with Crippen LogP contribution in [-0.2, 0) is 0 Å². The van der Waals surface area contributed by atoms with E-state index in [9.17, 15) is 0 Å². The Morgan fingerprint density at radius 3 is 0.771 bits per heavy atom. The van der Waals surface area contributed by atoms with Gasteiger partial charge >= 0.3 is 0 Å². The number of anilines is 2. The quantitative estimate of drug-likeness (QED) is 0.0660. The first-order chi connectivity index (χ1) is 23.5. The Bertz CT molecular complexity index is 1300. The van der Waals surface area contributed by atoms with Crippen LogP contribution in [0.2, 0.25) is 0 Å². The zero-order valence-electron chi connectivity index (χ0n) is 30.4. The number of nitrogens with two attached hydrogens (primary N) is 2. The number of rotatable bonds is 22. The van der Waals surface area contributed by atoms with Gasteiger partial charge in [-0.15, -0.1) is 0 Å². The highest BCUT2D eigenvalue weighted by Crippen LogP contribution is 2.37. The van der Waals surface area contributed by atoms with E-state index in [-0.39, 0.29) is 0 Å². The molecule has 4 rings (SSSR count). The Morgan fingerprint density at radius 1 is 0.312 bits per heavy atom. The third kappa shape index (κ3) is 11.6. The lowest BCUT2D eigenvalue weighted by molar-refractivity contribution is 0.579. The molecule has 2 unspecified atom stereocenters. The van der Waals surface area contributed by atoms with Crippen molar-refractivity contribution >= 4 is 11.4 Å². The molecule has 0 heterocycles. The van der Waals surface area contributed by atoms with Crippen LogP contribution in [0.25, 0.3) is 0 Å². The number of unbranched alkanes of at least 4 members (excludes halogenated alkanes) is 10. The molecule has 0 radical (unpaired) electrons. The van der Waals surface area contributed by atoms with Crippen molar-refractivity contribution in [1.29, 1.82) is 0 Å². The van der Waals surface area contributed by atoms with E-state index >= 15 is 0 Å². The molecule has 2 atom stereocenters. The van der Waals surface area contributed by atoms with E-state index in [0.717, 1.165) is 11.4 Å². The zero-order valence-corrected chi connectivity index (χ0v) is 30.4. The van der Waals surface area contributed by atoms with E-state index in [1.165, 1.54) is 136 Å². The molecule has 0 aliphatic heterocycles. The van der Waals surface area contributed by atoms with E-state index in [0.29, 0.717) is 17.8 Å². The van der Waals surface area contributed by atoms with Gasteiger partial charge in [0.05, 0.1) is 0 Å². The van der Waals surface area contributed by atoms with Crippen molar-refractivity contribution < 1.29 is 0 Å². The topological polar surface area (TPSA) is 52.0 Å². The summed E-state index contributed by atoms with van der Waals surface area (Å²) in [5.74, 6) is 1.23. The van der Waals surface area contributed by atoms with Gasteiger partial charge in [-0.2, -0.15) is 0 Å². The summed E-state index contributed by atoms with van der Waals surface area (Å²) in [6.45, 7) is 6.88. The molecule has 0 aliphatic rings. The molecule has 4 N–H and O–H groups in total. The van der Waals surface area contributed by atoms with Gasteiger partial charge in [-0.25, -0.2) is 0 Å².